The maximum absolute atomic E-state index is 13.8. The van der Waals surface area contributed by atoms with Gasteiger partial charge in [-0.2, -0.15) is 0 Å². The van der Waals surface area contributed by atoms with Crippen LogP contribution < -0.4 is 69.1 Å². The molecule has 0 saturated heterocycles. The summed E-state index contributed by atoms with van der Waals surface area (Å²) in [7, 11) is 16.9. The molecule has 0 heterocycles. The van der Waals surface area contributed by atoms with Crippen molar-refractivity contribution >= 4 is 41.0 Å². The second-order valence-corrected chi connectivity index (χ2v) is 20.9. The predicted molar refractivity (Wildman–Crippen MR) is 321 cm³/mol. The number of hydrogen-bond donors (Lipinski definition) is 13. The number of likely N-dealkylation sites (N-methyl/N-ethyl adjacent to an activating group) is 2. The van der Waals surface area contributed by atoms with E-state index in [-0.39, 0.29) is 78.2 Å². The van der Waals surface area contributed by atoms with Crippen LogP contribution in [0.1, 0.15) is 168 Å². The van der Waals surface area contributed by atoms with Crippen molar-refractivity contribution in [1.29, 1.82) is 0 Å². The molecule has 0 saturated carbocycles. The monoisotopic (exact) mass is 1110 g/mol. The van der Waals surface area contributed by atoms with E-state index in [9.17, 15) is 33.6 Å². The first-order chi connectivity index (χ1) is 37.7. The van der Waals surface area contributed by atoms with Crippen LogP contribution in [0.25, 0.3) is 0 Å². The molecule has 20 nitrogen and oxygen atoms in total. The Morgan fingerprint density at radius 3 is 0.808 bits per heavy atom. The summed E-state index contributed by atoms with van der Waals surface area (Å²) in [6.07, 6.45) is 17.4. The first-order valence-electron chi connectivity index (χ1n) is 30.3. The van der Waals surface area contributed by atoms with Gasteiger partial charge in [0, 0.05) is 50.1 Å². The van der Waals surface area contributed by atoms with Gasteiger partial charge in [-0.3, -0.25) is 33.6 Å². The summed E-state index contributed by atoms with van der Waals surface area (Å²) < 4.78 is 0. The third-order valence-electron chi connectivity index (χ3n) is 14.3. The normalized spacial score (nSPS) is 13.9. The van der Waals surface area contributed by atoms with Crippen molar-refractivity contribution in [2.45, 2.75) is 192 Å². The zero-order valence-electron chi connectivity index (χ0n) is 51.2. The molecular weight excluding hydrogens is 991 g/mol. The smallest absolute Gasteiger partial charge is 0.237 e. The SMILES string of the molecule is CCNC(=O)C(CCCCNC)CC(=O)C(CCCCNC)NC(=O)C(CCCCNC)CC(=O)C(CCCCNC)NC.CCNC(=O)C(CCCCNC)CC(=O)C(CCCCNC)NC(=O)C(CCCCNC)NC. The third kappa shape index (κ3) is 39.8. The number of carbonyl (C=O) groups is 7. The van der Waals surface area contributed by atoms with Crippen LogP contribution in [-0.4, -0.2) is 187 Å². The molecule has 0 aromatic rings. The number of carbonyl (C=O) groups excluding carboxylic acids is 7. The van der Waals surface area contributed by atoms with E-state index in [1.165, 1.54) is 0 Å². The summed E-state index contributed by atoms with van der Waals surface area (Å²) in [5.41, 5.74) is 0. The van der Waals surface area contributed by atoms with Crippen LogP contribution in [0.15, 0.2) is 0 Å². The van der Waals surface area contributed by atoms with Gasteiger partial charge in [0.05, 0.1) is 24.2 Å². The highest BCUT2D eigenvalue weighted by atomic mass is 16.2. The largest absolute Gasteiger partial charge is 0.356 e. The molecule has 0 radical (unpaired) electrons. The standard InChI is InChI=1S/C33H67N7O4.C25H52N6O3/c1-7-39-32(43)26(16-8-12-20-34-2)24-31(42)29(19-11-15-23-37-5)40-33(44)27(17-9-13-21-35-3)25-30(41)28(38-6)18-10-14-22-36-4;1-6-30-24(33)20(13-7-10-16-26-2)19-23(32)21(14-8-11-17-27-3)31-25(34)22(29-5)15-9-12-18-28-4/h26-29,34-38H,7-25H2,1-6H3,(H,39,43)(H,40,44);20-22,26-29H,6-19H2,1-5H3,(H,30,33)(H,31,34). The molecule has 0 aromatic heterocycles. The fourth-order valence-corrected chi connectivity index (χ4v) is 9.51. The molecule has 7 unspecified atom stereocenters. The van der Waals surface area contributed by atoms with Crippen molar-refractivity contribution in [2.24, 2.45) is 17.8 Å². The van der Waals surface area contributed by atoms with Gasteiger partial charge >= 0.3 is 0 Å². The quantitative estimate of drug-likeness (QED) is 0.0390. The maximum atomic E-state index is 13.8. The lowest BCUT2D eigenvalue weighted by molar-refractivity contribution is -0.134. The van der Waals surface area contributed by atoms with Gasteiger partial charge < -0.3 is 69.1 Å². The number of hydrogen-bond acceptors (Lipinski definition) is 16. The summed E-state index contributed by atoms with van der Waals surface area (Å²) >= 11 is 0. The molecule has 0 aliphatic carbocycles. The third-order valence-corrected chi connectivity index (χ3v) is 14.3. The van der Waals surface area contributed by atoms with Crippen LogP contribution in [0.2, 0.25) is 0 Å². The molecule has 0 fully saturated rings. The van der Waals surface area contributed by atoms with Gasteiger partial charge in [-0.1, -0.05) is 32.1 Å². The van der Waals surface area contributed by atoms with Gasteiger partial charge in [0.25, 0.3) is 0 Å². The summed E-state index contributed by atoms with van der Waals surface area (Å²) in [5, 5.41) is 40.0. The van der Waals surface area contributed by atoms with Gasteiger partial charge in [0.1, 0.15) is 0 Å². The zero-order valence-corrected chi connectivity index (χ0v) is 51.2. The van der Waals surface area contributed by atoms with Crippen LogP contribution in [0.5, 0.6) is 0 Å². The Morgan fingerprint density at radius 1 is 0.282 bits per heavy atom. The summed E-state index contributed by atoms with van der Waals surface area (Å²) in [6.45, 7) is 10.9. The molecule has 0 bridgehead atoms. The minimum Gasteiger partial charge on any atom is -0.356 e. The van der Waals surface area contributed by atoms with E-state index < -0.39 is 23.9 Å². The maximum Gasteiger partial charge on any atom is 0.237 e. The Balaban J connectivity index is 0. The lowest BCUT2D eigenvalue weighted by Crippen LogP contribution is -2.50. The Hall–Kier alpha value is -3.47. The lowest BCUT2D eigenvalue weighted by atomic mass is 9.89. The van der Waals surface area contributed by atoms with Crippen molar-refractivity contribution < 1.29 is 33.6 Å². The molecule has 0 aliphatic rings. The van der Waals surface area contributed by atoms with E-state index in [0.29, 0.717) is 45.2 Å². The van der Waals surface area contributed by atoms with Gasteiger partial charge in [-0.05, 0) is 226 Å². The minimum atomic E-state index is -0.676. The van der Waals surface area contributed by atoms with Crippen LogP contribution in [-0.2, 0) is 33.6 Å². The Kier molecular flexibility index (Phi) is 53.2. The van der Waals surface area contributed by atoms with Gasteiger partial charge in [0.15, 0.2) is 17.3 Å². The first kappa shape index (κ1) is 76.6. The first-order valence-corrected chi connectivity index (χ1v) is 30.3. The summed E-state index contributed by atoms with van der Waals surface area (Å²) in [6, 6.07) is -1.86. The van der Waals surface area contributed by atoms with Crippen LogP contribution >= 0.6 is 0 Å². The molecule has 0 aromatic carbocycles. The Morgan fingerprint density at radius 2 is 0.526 bits per heavy atom. The fraction of sp³-hybridized carbons (Fsp3) is 0.879. The van der Waals surface area contributed by atoms with Crippen molar-refractivity contribution in [3.05, 3.63) is 0 Å². The molecule has 7 atom stereocenters. The highest BCUT2D eigenvalue weighted by molar-refractivity contribution is 5.95. The second-order valence-electron chi connectivity index (χ2n) is 20.9. The van der Waals surface area contributed by atoms with E-state index in [1.54, 1.807) is 14.1 Å². The van der Waals surface area contributed by atoms with Crippen molar-refractivity contribution in [1.82, 2.24) is 69.1 Å². The second kappa shape index (κ2) is 54.1. The number of unbranched alkanes of at least 4 members (excludes halogenated alkanes) is 7. The number of Topliss-reactive ketones (excluding diaryl/α,β-unsaturated/α-hetero) is 3. The van der Waals surface area contributed by atoms with E-state index in [0.717, 1.165) is 149 Å². The molecule has 0 rings (SSSR count). The molecule has 78 heavy (non-hydrogen) atoms. The number of nitrogens with one attached hydrogen (secondary N) is 13. The molecule has 13 N–H and O–H groups in total. The zero-order chi connectivity index (χ0) is 58.6. The minimum absolute atomic E-state index is 0.0421. The highest BCUT2D eigenvalue weighted by Crippen LogP contribution is 2.21. The molecule has 458 valence electrons. The number of amides is 4. The Bertz CT molecular complexity index is 1530. The average Bonchev–Trinajstić information content (AvgIpc) is 3.43. The van der Waals surface area contributed by atoms with Crippen molar-refractivity contribution in [3.8, 4) is 0 Å². The summed E-state index contributed by atoms with van der Waals surface area (Å²) in [4.78, 5) is 92.6. The van der Waals surface area contributed by atoms with Gasteiger partial charge in [0.2, 0.25) is 23.6 Å². The molecular formula is C58H119N13O7. The van der Waals surface area contributed by atoms with Gasteiger partial charge in [-0.25, -0.2) is 0 Å². The number of ketones is 3. The van der Waals surface area contributed by atoms with Crippen molar-refractivity contribution in [2.75, 3.05) is 122 Å². The molecule has 0 spiro atoms. The molecule has 0 aliphatic heterocycles. The van der Waals surface area contributed by atoms with Crippen LogP contribution in [0.4, 0.5) is 0 Å². The van der Waals surface area contributed by atoms with E-state index in [2.05, 4.69) is 69.1 Å². The van der Waals surface area contributed by atoms with Gasteiger partial charge in [-0.15, -0.1) is 0 Å². The molecule has 4 amide bonds. The van der Waals surface area contributed by atoms with E-state index in [4.69, 9.17) is 0 Å². The topological polar surface area (TPSA) is 276 Å². The molecule has 20 heteroatoms. The fourth-order valence-electron chi connectivity index (χ4n) is 9.51. The summed E-state index contributed by atoms with van der Waals surface area (Å²) in [5.74, 6) is -1.94. The van der Waals surface area contributed by atoms with Crippen LogP contribution in [0.3, 0.4) is 0 Å². The van der Waals surface area contributed by atoms with E-state index >= 15 is 0 Å². The average molecular weight is 1110 g/mol. The van der Waals surface area contributed by atoms with E-state index in [1.807, 2.05) is 63.2 Å². The Labute approximate surface area is 474 Å². The lowest BCUT2D eigenvalue weighted by Gasteiger charge is -2.25. The van der Waals surface area contributed by atoms with Crippen LogP contribution in [0, 0.1) is 17.8 Å². The highest BCUT2D eigenvalue weighted by Gasteiger charge is 2.32. The van der Waals surface area contributed by atoms with Crippen molar-refractivity contribution in [3.63, 3.8) is 0 Å². The predicted octanol–water partition coefficient (Wildman–Crippen LogP) is 2.84. The number of rotatable bonds is 54.